The van der Waals surface area contributed by atoms with Crippen LogP contribution in [0.5, 0.6) is 0 Å². The van der Waals surface area contributed by atoms with Crippen LogP contribution in [0.4, 0.5) is 0 Å². The van der Waals surface area contributed by atoms with Gasteiger partial charge in [0.25, 0.3) is 0 Å². The number of ketones is 1. The van der Waals surface area contributed by atoms with E-state index in [0.717, 1.165) is 51.4 Å². The van der Waals surface area contributed by atoms with Gasteiger partial charge in [-0.2, -0.15) is 0 Å². The molecule has 0 spiro atoms. The van der Waals surface area contributed by atoms with Crippen LogP contribution >= 0.6 is 0 Å². The van der Waals surface area contributed by atoms with Crippen molar-refractivity contribution in [1.82, 2.24) is 0 Å². The van der Waals surface area contributed by atoms with Gasteiger partial charge in [0.15, 0.2) is 0 Å². The van der Waals surface area contributed by atoms with Gasteiger partial charge in [0, 0.05) is 12.3 Å². The molecule has 0 aromatic rings. The van der Waals surface area contributed by atoms with Crippen LogP contribution in [0.2, 0.25) is 0 Å². The average Bonchev–Trinajstić information content (AvgIpc) is 3.00. The summed E-state index contributed by atoms with van der Waals surface area (Å²) in [6.45, 7) is 0. The fraction of sp³-hybridized carbons (Fsp3) is 0.917. The van der Waals surface area contributed by atoms with Crippen LogP contribution in [0.15, 0.2) is 0 Å². The standard InChI is InChI=1S/C12H20O2/c13-11-6-1-9(2-7-11)3-8-12(14)10-4-5-10/h9-11,13H,1-8H2. The SMILES string of the molecule is O=C(CCC1CCC(O)CC1)C1CC1. The van der Waals surface area contributed by atoms with Gasteiger partial charge in [0.2, 0.25) is 0 Å². The highest BCUT2D eigenvalue weighted by molar-refractivity contribution is 5.83. The molecular weight excluding hydrogens is 176 g/mol. The van der Waals surface area contributed by atoms with Crippen molar-refractivity contribution in [3.05, 3.63) is 0 Å². The second-order valence-corrected chi connectivity index (χ2v) is 4.95. The zero-order chi connectivity index (χ0) is 9.97. The van der Waals surface area contributed by atoms with Crippen molar-refractivity contribution in [3.63, 3.8) is 0 Å². The van der Waals surface area contributed by atoms with Crippen molar-refractivity contribution >= 4 is 5.78 Å². The highest BCUT2D eigenvalue weighted by Crippen LogP contribution is 2.33. The quantitative estimate of drug-likeness (QED) is 0.749. The van der Waals surface area contributed by atoms with Crippen LogP contribution in [0.1, 0.15) is 51.4 Å². The van der Waals surface area contributed by atoms with Crippen LogP contribution in [-0.4, -0.2) is 17.0 Å². The number of hydrogen-bond acceptors (Lipinski definition) is 2. The first-order valence-corrected chi connectivity index (χ1v) is 5.96. The number of Topliss-reactive ketones (excluding diaryl/α,β-unsaturated/α-hetero) is 1. The Labute approximate surface area is 85.7 Å². The number of rotatable bonds is 4. The van der Waals surface area contributed by atoms with E-state index >= 15 is 0 Å². The van der Waals surface area contributed by atoms with Crippen LogP contribution in [0.25, 0.3) is 0 Å². The Balaban J connectivity index is 1.62. The van der Waals surface area contributed by atoms with Crippen LogP contribution in [0, 0.1) is 11.8 Å². The molecule has 0 unspecified atom stereocenters. The lowest BCUT2D eigenvalue weighted by atomic mass is 9.84. The predicted molar refractivity (Wildman–Crippen MR) is 54.9 cm³/mol. The van der Waals surface area contributed by atoms with Gasteiger partial charge in [-0.1, -0.05) is 0 Å². The van der Waals surface area contributed by atoms with Crippen molar-refractivity contribution in [3.8, 4) is 0 Å². The smallest absolute Gasteiger partial charge is 0.135 e. The first kappa shape index (κ1) is 10.2. The number of carbonyl (C=O) groups excluding carboxylic acids is 1. The van der Waals surface area contributed by atoms with E-state index in [0.29, 0.717) is 17.6 Å². The molecule has 0 saturated heterocycles. The predicted octanol–water partition coefficient (Wildman–Crippen LogP) is 2.30. The lowest BCUT2D eigenvalue weighted by molar-refractivity contribution is -0.120. The lowest BCUT2D eigenvalue weighted by Crippen LogP contribution is -2.18. The summed E-state index contributed by atoms with van der Waals surface area (Å²) in [7, 11) is 0. The van der Waals surface area contributed by atoms with Crippen LogP contribution < -0.4 is 0 Å². The van der Waals surface area contributed by atoms with E-state index in [1.165, 1.54) is 0 Å². The second-order valence-electron chi connectivity index (χ2n) is 4.95. The Morgan fingerprint density at radius 3 is 2.29 bits per heavy atom. The van der Waals surface area contributed by atoms with E-state index in [2.05, 4.69) is 0 Å². The molecule has 1 N–H and O–H groups in total. The first-order valence-electron chi connectivity index (χ1n) is 5.96. The van der Waals surface area contributed by atoms with Gasteiger partial charge in [-0.05, 0) is 50.9 Å². The Kier molecular flexibility index (Phi) is 3.22. The van der Waals surface area contributed by atoms with Crippen LogP contribution in [0.3, 0.4) is 0 Å². The number of aliphatic hydroxyl groups excluding tert-OH is 1. The summed E-state index contributed by atoms with van der Waals surface area (Å²) in [4.78, 5) is 11.5. The van der Waals surface area contributed by atoms with Crippen LogP contribution in [-0.2, 0) is 4.79 Å². The van der Waals surface area contributed by atoms with Gasteiger partial charge in [-0.3, -0.25) is 4.79 Å². The molecule has 0 radical (unpaired) electrons. The molecule has 2 rings (SSSR count). The summed E-state index contributed by atoms with van der Waals surface area (Å²) in [6, 6.07) is 0. The van der Waals surface area contributed by atoms with E-state index in [1.54, 1.807) is 0 Å². The molecule has 2 saturated carbocycles. The fourth-order valence-electron chi connectivity index (χ4n) is 2.39. The van der Waals surface area contributed by atoms with Gasteiger partial charge < -0.3 is 5.11 Å². The van der Waals surface area contributed by atoms with E-state index in [1.807, 2.05) is 0 Å². The minimum Gasteiger partial charge on any atom is -0.393 e. The van der Waals surface area contributed by atoms with Gasteiger partial charge in [-0.15, -0.1) is 0 Å². The largest absolute Gasteiger partial charge is 0.393 e. The minimum atomic E-state index is -0.0645. The normalized spacial score (nSPS) is 32.9. The molecule has 0 aliphatic heterocycles. The van der Waals surface area contributed by atoms with E-state index in [9.17, 15) is 9.90 Å². The Morgan fingerprint density at radius 2 is 1.71 bits per heavy atom. The monoisotopic (exact) mass is 196 g/mol. The highest BCUT2D eigenvalue weighted by Gasteiger charge is 2.29. The fourth-order valence-corrected chi connectivity index (χ4v) is 2.39. The molecule has 14 heavy (non-hydrogen) atoms. The number of hydrogen-bond donors (Lipinski definition) is 1. The summed E-state index contributed by atoms with van der Waals surface area (Å²) in [6.07, 6.45) is 8.23. The van der Waals surface area contributed by atoms with Crippen molar-refractivity contribution in [1.29, 1.82) is 0 Å². The van der Waals surface area contributed by atoms with E-state index in [4.69, 9.17) is 0 Å². The maximum atomic E-state index is 11.5. The zero-order valence-electron chi connectivity index (χ0n) is 8.74. The molecule has 0 heterocycles. The summed E-state index contributed by atoms with van der Waals surface area (Å²) < 4.78 is 0. The molecule has 2 aliphatic rings. The third-order valence-electron chi connectivity index (χ3n) is 3.65. The summed E-state index contributed by atoms with van der Waals surface area (Å²) in [5.41, 5.74) is 0. The van der Waals surface area contributed by atoms with Crippen molar-refractivity contribution in [2.45, 2.75) is 57.5 Å². The average molecular weight is 196 g/mol. The molecule has 2 nitrogen and oxygen atoms in total. The zero-order valence-corrected chi connectivity index (χ0v) is 8.74. The molecule has 0 bridgehead atoms. The number of carbonyl (C=O) groups is 1. The van der Waals surface area contributed by atoms with E-state index < -0.39 is 0 Å². The van der Waals surface area contributed by atoms with Crippen molar-refractivity contribution in [2.24, 2.45) is 11.8 Å². The Bertz CT molecular complexity index is 200. The third kappa shape index (κ3) is 2.81. The maximum absolute atomic E-state index is 11.5. The van der Waals surface area contributed by atoms with Crippen molar-refractivity contribution in [2.75, 3.05) is 0 Å². The van der Waals surface area contributed by atoms with Crippen molar-refractivity contribution < 1.29 is 9.90 Å². The highest BCUT2D eigenvalue weighted by atomic mass is 16.3. The molecule has 0 aromatic carbocycles. The van der Waals surface area contributed by atoms with E-state index in [-0.39, 0.29) is 6.10 Å². The van der Waals surface area contributed by atoms with Gasteiger partial charge in [0.1, 0.15) is 5.78 Å². The topological polar surface area (TPSA) is 37.3 Å². The Hall–Kier alpha value is -0.370. The molecule has 0 amide bonds. The second kappa shape index (κ2) is 4.43. The van der Waals surface area contributed by atoms with Gasteiger partial charge in [0.05, 0.1) is 6.10 Å². The lowest BCUT2D eigenvalue weighted by Gasteiger charge is -2.24. The summed E-state index contributed by atoms with van der Waals surface area (Å²) in [5.74, 6) is 1.64. The molecular formula is C12H20O2. The molecule has 2 heteroatoms. The first-order chi connectivity index (χ1) is 6.75. The molecule has 2 fully saturated rings. The van der Waals surface area contributed by atoms with Gasteiger partial charge >= 0.3 is 0 Å². The summed E-state index contributed by atoms with van der Waals surface area (Å²) >= 11 is 0. The molecule has 80 valence electrons. The maximum Gasteiger partial charge on any atom is 0.135 e. The van der Waals surface area contributed by atoms with Gasteiger partial charge in [-0.25, -0.2) is 0 Å². The number of aliphatic hydroxyl groups is 1. The summed E-state index contributed by atoms with van der Waals surface area (Å²) in [5, 5.41) is 9.34. The Morgan fingerprint density at radius 1 is 1.07 bits per heavy atom. The molecule has 2 aliphatic carbocycles. The molecule has 0 aromatic heterocycles. The third-order valence-corrected chi connectivity index (χ3v) is 3.65. The molecule has 0 atom stereocenters. The minimum absolute atomic E-state index is 0.0645.